The normalized spacial score (nSPS) is 17.4. The first kappa shape index (κ1) is 18.7. The molecule has 1 amide bonds. The molecule has 28 heavy (non-hydrogen) atoms. The highest BCUT2D eigenvalue weighted by Gasteiger charge is 2.26. The van der Waals surface area contributed by atoms with E-state index in [0.29, 0.717) is 24.8 Å². The molecule has 3 heterocycles. The van der Waals surface area contributed by atoms with Gasteiger partial charge in [0.2, 0.25) is 0 Å². The van der Waals surface area contributed by atoms with Gasteiger partial charge in [0.25, 0.3) is 5.91 Å². The van der Waals surface area contributed by atoms with Crippen molar-refractivity contribution in [2.45, 2.75) is 33.2 Å². The summed E-state index contributed by atoms with van der Waals surface area (Å²) in [4.78, 5) is 19.2. The van der Waals surface area contributed by atoms with Gasteiger partial charge >= 0.3 is 0 Å². The van der Waals surface area contributed by atoms with Crippen LogP contribution < -0.4 is 0 Å². The molecule has 0 bridgehead atoms. The molecule has 1 aromatic carbocycles. The summed E-state index contributed by atoms with van der Waals surface area (Å²) in [6.45, 7) is 7.02. The van der Waals surface area contributed by atoms with E-state index in [0.717, 1.165) is 42.7 Å². The van der Waals surface area contributed by atoms with E-state index in [1.54, 1.807) is 7.11 Å². The first-order valence-electron chi connectivity index (χ1n) is 9.79. The Kier molecular flexibility index (Phi) is 5.17. The summed E-state index contributed by atoms with van der Waals surface area (Å²) in [5.41, 5.74) is 5.92. The van der Waals surface area contributed by atoms with Crippen LogP contribution in [-0.2, 0) is 11.3 Å². The number of ether oxygens (including phenoxy) is 1. The number of fused-ring (bicyclic) bond motifs is 1. The molecule has 1 aliphatic rings. The molecule has 0 aliphatic carbocycles. The number of nitrogens with zero attached hydrogens (tertiary/aromatic N) is 4. The highest BCUT2D eigenvalue weighted by molar-refractivity contribution is 5.92. The second-order valence-electron chi connectivity index (χ2n) is 7.79. The van der Waals surface area contributed by atoms with Gasteiger partial charge in [-0.25, -0.2) is 4.98 Å². The molecule has 1 atom stereocenters. The van der Waals surface area contributed by atoms with Crippen molar-refractivity contribution < 1.29 is 9.53 Å². The summed E-state index contributed by atoms with van der Waals surface area (Å²) in [6.07, 6.45) is 3.96. The second-order valence-corrected chi connectivity index (χ2v) is 7.79. The number of aryl methyl sites for hydroxylation is 2. The molecular weight excluding hydrogens is 354 g/mol. The number of benzene rings is 1. The molecule has 1 N–H and O–H groups in total. The van der Waals surface area contributed by atoms with Gasteiger partial charge in [-0.2, -0.15) is 5.10 Å². The number of aromatic nitrogens is 4. The van der Waals surface area contributed by atoms with Crippen molar-refractivity contribution in [3.63, 3.8) is 0 Å². The van der Waals surface area contributed by atoms with Crippen molar-refractivity contribution in [2.75, 3.05) is 26.8 Å². The quantitative estimate of drug-likeness (QED) is 0.737. The molecule has 0 radical (unpaired) electrons. The van der Waals surface area contributed by atoms with E-state index in [1.807, 2.05) is 17.3 Å². The average Bonchev–Trinajstić information content (AvgIpc) is 3.30. The number of H-pyrrole nitrogens is 1. The molecule has 2 aromatic heterocycles. The van der Waals surface area contributed by atoms with Crippen LogP contribution in [0.4, 0.5) is 0 Å². The minimum absolute atomic E-state index is 0.00902. The molecule has 3 aromatic rings. The van der Waals surface area contributed by atoms with Gasteiger partial charge in [0.1, 0.15) is 5.69 Å². The van der Waals surface area contributed by atoms with E-state index in [-0.39, 0.29) is 5.91 Å². The monoisotopic (exact) mass is 381 g/mol. The fourth-order valence-electron chi connectivity index (χ4n) is 3.96. The first-order chi connectivity index (χ1) is 13.5. The fraction of sp³-hybridized carbons (Fsp3) is 0.476. The second kappa shape index (κ2) is 7.75. The van der Waals surface area contributed by atoms with Gasteiger partial charge in [0.05, 0.1) is 36.2 Å². The Morgan fingerprint density at radius 2 is 2.11 bits per heavy atom. The molecule has 0 saturated carbocycles. The molecule has 1 saturated heterocycles. The minimum Gasteiger partial charge on any atom is -0.384 e. The highest BCUT2D eigenvalue weighted by Crippen LogP contribution is 2.21. The summed E-state index contributed by atoms with van der Waals surface area (Å²) >= 11 is 0. The Hall–Kier alpha value is -2.67. The van der Waals surface area contributed by atoms with Crippen LogP contribution in [0.15, 0.2) is 24.5 Å². The largest absolute Gasteiger partial charge is 0.384 e. The molecule has 7 heteroatoms. The van der Waals surface area contributed by atoms with Crippen LogP contribution in [0.2, 0.25) is 0 Å². The third-order valence-corrected chi connectivity index (χ3v) is 5.64. The van der Waals surface area contributed by atoms with Crippen LogP contribution in [0.3, 0.4) is 0 Å². The van der Waals surface area contributed by atoms with Gasteiger partial charge in [-0.05, 0) is 61.9 Å². The number of amides is 1. The fourth-order valence-corrected chi connectivity index (χ4v) is 3.96. The third-order valence-electron chi connectivity index (χ3n) is 5.64. The van der Waals surface area contributed by atoms with Crippen LogP contribution >= 0.6 is 0 Å². The molecule has 4 rings (SSSR count). The Morgan fingerprint density at radius 1 is 1.29 bits per heavy atom. The number of nitrogens with one attached hydrogen (secondary N) is 1. The zero-order chi connectivity index (χ0) is 19.7. The SMILES string of the molecule is COC[C@H]1CCCN(C(=O)c2cc(Cn3cnc4cc(C)c(C)cc43)[nH]n2)C1. The van der Waals surface area contributed by atoms with Crippen LogP contribution in [0.5, 0.6) is 0 Å². The highest BCUT2D eigenvalue weighted by atomic mass is 16.5. The summed E-state index contributed by atoms with van der Waals surface area (Å²) in [5, 5.41) is 7.29. The number of likely N-dealkylation sites (tertiary alicyclic amines) is 1. The average molecular weight is 381 g/mol. The maximum atomic E-state index is 12.8. The van der Waals surface area contributed by atoms with Crippen molar-refractivity contribution in [3.05, 3.63) is 47.0 Å². The van der Waals surface area contributed by atoms with E-state index in [2.05, 4.69) is 45.7 Å². The van der Waals surface area contributed by atoms with Gasteiger partial charge in [-0.1, -0.05) is 0 Å². The number of carbonyl (C=O) groups is 1. The molecular formula is C21H27N5O2. The lowest BCUT2D eigenvalue weighted by atomic mass is 9.99. The molecule has 1 aliphatic heterocycles. The predicted octanol–water partition coefficient (Wildman–Crippen LogP) is 2.92. The summed E-state index contributed by atoms with van der Waals surface area (Å²) in [6, 6.07) is 6.12. The number of hydrogen-bond donors (Lipinski definition) is 1. The number of rotatable bonds is 5. The Balaban J connectivity index is 1.49. The van der Waals surface area contributed by atoms with E-state index in [1.165, 1.54) is 11.1 Å². The van der Waals surface area contributed by atoms with Crippen molar-refractivity contribution in [3.8, 4) is 0 Å². The molecule has 148 valence electrons. The Morgan fingerprint density at radius 3 is 2.93 bits per heavy atom. The smallest absolute Gasteiger partial charge is 0.274 e. The summed E-state index contributed by atoms with van der Waals surface area (Å²) in [5.74, 6) is 0.399. The minimum atomic E-state index is -0.00902. The lowest BCUT2D eigenvalue weighted by Gasteiger charge is -2.31. The standard InChI is InChI=1S/C21H27N5O2/c1-14-7-18-20(8-15(14)2)26(13-22-18)11-17-9-19(24-23-17)21(27)25-6-4-5-16(10-25)12-28-3/h7-9,13,16H,4-6,10-12H2,1-3H3,(H,23,24)/t16-/m0/s1. The molecule has 0 spiro atoms. The predicted molar refractivity (Wildman–Crippen MR) is 107 cm³/mol. The van der Waals surface area contributed by atoms with Gasteiger partial charge in [0.15, 0.2) is 0 Å². The van der Waals surface area contributed by atoms with E-state index < -0.39 is 0 Å². The zero-order valence-electron chi connectivity index (χ0n) is 16.7. The van der Waals surface area contributed by atoms with Crippen molar-refractivity contribution in [1.82, 2.24) is 24.6 Å². The van der Waals surface area contributed by atoms with Crippen LogP contribution in [0.25, 0.3) is 11.0 Å². The maximum absolute atomic E-state index is 12.8. The maximum Gasteiger partial charge on any atom is 0.274 e. The number of aromatic amines is 1. The first-order valence-corrected chi connectivity index (χ1v) is 9.79. The van der Waals surface area contributed by atoms with Gasteiger partial charge < -0.3 is 14.2 Å². The molecule has 7 nitrogen and oxygen atoms in total. The van der Waals surface area contributed by atoms with Gasteiger partial charge in [-0.15, -0.1) is 0 Å². The van der Waals surface area contributed by atoms with E-state index in [4.69, 9.17) is 4.74 Å². The Labute approximate surface area is 164 Å². The van der Waals surface area contributed by atoms with E-state index in [9.17, 15) is 4.79 Å². The zero-order valence-corrected chi connectivity index (χ0v) is 16.7. The number of hydrogen-bond acceptors (Lipinski definition) is 4. The van der Waals surface area contributed by atoms with Crippen LogP contribution in [0.1, 0.15) is 40.2 Å². The van der Waals surface area contributed by atoms with Crippen molar-refractivity contribution in [1.29, 1.82) is 0 Å². The van der Waals surface area contributed by atoms with Crippen LogP contribution in [-0.4, -0.2) is 57.4 Å². The van der Waals surface area contributed by atoms with Crippen molar-refractivity contribution in [2.24, 2.45) is 5.92 Å². The number of imidazole rings is 1. The number of carbonyl (C=O) groups excluding carboxylic acids is 1. The van der Waals surface area contributed by atoms with Crippen molar-refractivity contribution >= 4 is 16.9 Å². The van der Waals surface area contributed by atoms with Gasteiger partial charge in [-0.3, -0.25) is 9.89 Å². The number of methoxy groups -OCH3 is 1. The molecule has 1 fully saturated rings. The lowest BCUT2D eigenvalue weighted by molar-refractivity contribution is 0.0565. The third kappa shape index (κ3) is 3.67. The van der Waals surface area contributed by atoms with Crippen LogP contribution in [0, 0.1) is 19.8 Å². The lowest BCUT2D eigenvalue weighted by Crippen LogP contribution is -2.41. The number of piperidine rings is 1. The van der Waals surface area contributed by atoms with Gasteiger partial charge in [0, 0.05) is 20.2 Å². The van der Waals surface area contributed by atoms with E-state index >= 15 is 0 Å². The topological polar surface area (TPSA) is 76.0 Å². The summed E-state index contributed by atoms with van der Waals surface area (Å²) < 4.78 is 7.34. The Bertz CT molecular complexity index is 988. The summed E-state index contributed by atoms with van der Waals surface area (Å²) in [7, 11) is 1.71. The molecule has 0 unspecified atom stereocenters.